The standard InChI is InChI=1S/C24H34N4O2/c1-18(30-21-10-8-20(9-11-21)24(2,3)4)23(29)26-17-19-7-6-12-25-22(19)28-15-13-27(5)14-16-28/h6-12,18H,13-17H2,1-5H3,(H,26,29). The molecular formula is C24H34N4O2. The number of nitrogens with one attached hydrogen (secondary N) is 1. The van der Waals surface area contributed by atoms with Crippen LogP contribution >= 0.6 is 0 Å². The van der Waals surface area contributed by atoms with E-state index in [1.165, 1.54) is 5.56 Å². The van der Waals surface area contributed by atoms with Gasteiger partial charge in [-0.3, -0.25) is 4.79 Å². The van der Waals surface area contributed by atoms with Crippen LogP contribution in [0, 0.1) is 0 Å². The Morgan fingerprint density at radius 3 is 2.43 bits per heavy atom. The molecule has 2 aromatic rings. The van der Waals surface area contributed by atoms with Crippen molar-refractivity contribution in [2.45, 2.75) is 45.8 Å². The van der Waals surface area contributed by atoms with Gasteiger partial charge in [0.15, 0.2) is 6.10 Å². The van der Waals surface area contributed by atoms with Gasteiger partial charge in [-0.1, -0.05) is 39.0 Å². The van der Waals surface area contributed by atoms with Crippen LogP contribution in [-0.2, 0) is 16.8 Å². The summed E-state index contributed by atoms with van der Waals surface area (Å²) in [7, 11) is 2.13. The smallest absolute Gasteiger partial charge is 0.261 e. The average Bonchev–Trinajstić information content (AvgIpc) is 2.72. The van der Waals surface area contributed by atoms with Crippen LogP contribution in [0.15, 0.2) is 42.6 Å². The lowest BCUT2D eigenvalue weighted by Gasteiger charge is -2.34. The van der Waals surface area contributed by atoms with Gasteiger partial charge in [0, 0.05) is 44.5 Å². The third-order valence-corrected chi connectivity index (χ3v) is 5.53. The number of anilines is 1. The summed E-state index contributed by atoms with van der Waals surface area (Å²) >= 11 is 0. The third kappa shape index (κ3) is 5.72. The van der Waals surface area contributed by atoms with Crippen molar-refractivity contribution in [2.75, 3.05) is 38.1 Å². The fourth-order valence-electron chi connectivity index (χ4n) is 3.49. The Morgan fingerprint density at radius 2 is 1.80 bits per heavy atom. The number of carbonyl (C=O) groups excluding carboxylic acids is 1. The molecule has 2 heterocycles. The number of pyridine rings is 1. The first-order valence-corrected chi connectivity index (χ1v) is 10.7. The van der Waals surface area contributed by atoms with Crippen LogP contribution in [0.25, 0.3) is 0 Å². The number of nitrogens with zero attached hydrogens (tertiary/aromatic N) is 3. The summed E-state index contributed by atoms with van der Waals surface area (Å²) in [5.74, 6) is 1.52. The molecule has 1 unspecified atom stereocenters. The van der Waals surface area contributed by atoms with Crippen molar-refractivity contribution in [1.82, 2.24) is 15.2 Å². The van der Waals surface area contributed by atoms with Crippen LogP contribution in [0.5, 0.6) is 5.75 Å². The number of rotatable bonds is 6. The molecular weight excluding hydrogens is 376 g/mol. The second-order valence-corrected chi connectivity index (χ2v) is 9.03. The van der Waals surface area contributed by atoms with Crippen molar-refractivity contribution in [1.29, 1.82) is 0 Å². The van der Waals surface area contributed by atoms with Gasteiger partial charge in [-0.25, -0.2) is 4.98 Å². The highest BCUT2D eigenvalue weighted by Gasteiger charge is 2.20. The quantitative estimate of drug-likeness (QED) is 0.792. The van der Waals surface area contributed by atoms with Gasteiger partial charge in [0.1, 0.15) is 11.6 Å². The molecule has 0 aliphatic carbocycles. The monoisotopic (exact) mass is 410 g/mol. The van der Waals surface area contributed by atoms with Gasteiger partial charge in [-0.15, -0.1) is 0 Å². The Morgan fingerprint density at radius 1 is 1.13 bits per heavy atom. The van der Waals surface area contributed by atoms with Crippen LogP contribution in [0.3, 0.4) is 0 Å². The first-order valence-electron chi connectivity index (χ1n) is 10.7. The van der Waals surface area contributed by atoms with Crippen molar-refractivity contribution >= 4 is 11.7 Å². The summed E-state index contributed by atoms with van der Waals surface area (Å²) in [4.78, 5) is 21.8. The van der Waals surface area contributed by atoms with E-state index >= 15 is 0 Å². The summed E-state index contributed by atoms with van der Waals surface area (Å²) in [5, 5.41) is 3.00. The summed E-state index contributed by atoms with van der Waals surface area (Å²) in [6.45, 7) is 12.7. The molecule has 1 atom stereocenters. The van der Waals surface area contributed by atoms with Gasteiger partial charge in [-0.2, -0.15) is 0 Å². The molecule has 1 aromatic heterocycles. The number of benzene rings is 1. The van der Waals surface area contributed by atoms with E-state index in [-0.39, 0.29) is 11.3 Å². The molecule has 1 aromatic carbocycles. The van der Waals surface area contributed by atoms with E-state index < -0.39 is 6.10 Å². The van der Waals surface area contributed by atoms with Crippen LogP contribution < -0.4 is 15.0 Å². The van der Waals surface area contributed by atoms with Gasteiger partial charge in [-0.05, 0) is 43.1 Å². The van der Waals surface area contributed by atoms with Gasteiger partial charge in [0.25, 0.3) is 5.91 Å². The predicted molar refractivity (Wildman–Crippen MR) is 121 cm³/mol. The zero-order chi connectivity index (χ0) is 21.7. The lowest BCUT2D eigenvalue weighted by molar-refractivity contribution is -0.127. The molecule has 1 saturated heterocycles. The highest BCUT2D eigenvalue weighted by molar-refractivity contribution is 5.80. The number of hydrogen-bond acceptors (Lipinski definition) is 5. The summed E-state index contributed by atoms with van der Waals surface area (Å²) in [6, 6.07) is 11.9. The van der Waals surface area contributed by atoms with E-state index in [4.69, 9.17) is 4.74 Å². The number of hydrogen-bond donors (Lipinski definition) is 1. The molecule has 0 bridgehead atoms. The topological polar surface area (TPSA) is 57.7 Å². The number of amides is 1. The van der Waals surface area contributed by atoms with Crippen molar-refractivity contribution in [3.63, 3.8) is 0 Å². The van der Waals surface area contributed by atoms with Gasteiger partial charge >= 0.3 is 0 Å². The minimum atomic E-state index is -0.575. The molecule has 0 spiro atoms. The highest BCUT2D eigenvalue weighted by Crippen LogP contribution is 2.24. The second-order valence-electron chi connectivity index (χ2n) is 9.03. The molecule has 0 saturated carbocycles. The summed E-state index contributed by atoms with van der Waals surface area (Å²) < 4.78 is 5.85. The largest absolute Gasteiger partial charge is 0.481 e. The SMILES string of the molecule is CC(Oc1ccc(C(C)(C)C)cc1)C(=O)NCc1cccnc1N1CCN(C)CC1. The number of piperazine rings is 1. The molecule has 6 heteroatoms. The molecule has 1 aliphatic heterocycles. The van der Waals surface area contributed by atoms with Crippen LogP contribution in [-0.4, -0.2) is 55.1 Å². The average molecular weight is 411 g/mol. The minimum Gasteiger partial charge on any atom is -0.481 e. The molecule has 0 radical (unpaired) electrons. The third-order valence-electron chi connectivity index (χ3n) is 5.53. The van der Waals surface area contributed by atoms with Crippen molar-refractivity contribution in [2.24, 2.45) is 0 Å². The molecule has 162 valence electrons. The Labute approximate surface area is 180 Å². The molecule has 6 nitrogen and oxygen atoms in total. The summed E-state index contributed by atoms with van der Waals surface area (Å²) in [5.41, 5.74) is 2.35. The fraction of sp³-hybridized carbons (Fsp3) is 0.500. The number of aromatic nitrogens is 1. The maximum absolute atomic E-state index is 12.6. The van der Waals surface area contributed by atoms with E-state index in [0.717, 1.165) is 37.6 Å². The molecule has 1 amide bonds. The van der Waals surface area contributed by atoms with Gasteiger partial charge < -0.3 is 19.9 Å². The van der Waals surface area contributed by atoms with E-state index in [2.05, 4.69) is 60.1 Å². The fourth-order valence-corrected chi connectivity index (χ4v) is 3.49. The second kappa shape index (κ2) is 9.47. The Bertz CT molecular complexity index is 837. The van der Waals surface area contributed by atoms with Crippen molar-refractivity contribution in [3.8, 4) is 5.75 Å². The van der Waals surface area contributed by atoms with Gasteiger partial charge in [0.2, 0.25) is 0 Å². The normalized spacial score (nSPS) is 16.2. The number of carbonyl (C=O) groups is 1. The Balaban J connectivity index is 1.56. The van der Waals surface area contributed by atoms with E-state index in [1.807, 2.05) is 30.5 Å². The maximum atomic E-state index is 12.6. The van der Waals surface area contributed by atoms with E-state index in [1.54, 1.807) is 6.92 Å². The van der Waals surface area contributed by atoms with Gasteiger partial charge in [0.05, 0.1) is 0 Å². The lowest BCUT2D eigenvalue weighted by atomic mass is 9.87. The Hall–Kier alpha value is -2.60. The predicted octanol–water partition coefficient (Wildman–Crippen LogP) is 3.21. The minimum absolute atomic E-state index is 0.0900. The zero-order valence-electron chi connectivity index (χ0n) is 18.8. The van der Waals surface area contributed by atoms with E-state index in [9.17, 15) is 4.79 Å². The van der Waals surface area contributed by atoms with Crippen LogP contribution in [0.1, 0.15) is 38.8 Å². The molecule has 30 heavy (non-hydrogen) atoms. The molecule has 1 aliphatic rings. The highest BCUT2D eigenvalue weighted by atomic mass is 16.5. The molecule has 1 fully saturated rings. The number of likely N-dealkylation sites (N-methyl/N-ethyl adjacent to an activating group) is 1. The summed E-state index contributed by atoms with van der Waals surface area (Å²) in [6.07, 6.45) is 1.24. The first-order chi connectivity index (χ1) is 14.2. The molecule has 3 rings (SSSR count). The van der Waals surface area contributed by atoms with Crippen molar-refractivity contribution < 1.29 is 9.53 Å². The number of ether oxygens (including phenoxy) is 1. The Kier molecular flexibility index (Phi) is 6.98. The molecule has 1 N–H and O–H groups in total. The lowest BCUT2D eigenvalue weighted by Crippen LogP contribution is -2.45. The van der Waals surface area contributed by atoms with Crippen LogP contribution in [0.4, 0.5) is 5.82 Å². The van der Waals surface area contributed by atoms with E-state index in [0.29, 0.717) is 12.3 Å². The first kappa shape index (κ1) is 22.1. The maximum Gasteiger partial charge on any atom is 0.261 e. The zero-order valence-corrected chi connectivity index (χ0v) is 18.8. The van der Waals surface area contributed by atoms with Crippen LogP contribution in [0.2, 0.25) is 0 Å². The van der Waals surface area contributed by atoms with Crippen molar-refractivity contribution in [3.05, 3.63) is 53.7 Å².